The average molecular weight is 348 g/mol. The molecule has 0 N–H and O–H groups in total. The summed E-state index contributed by atoms with van der Waals surface area (Å²) in [6, 6.07) is 9.62. The molecule has 24 heavy (non-hydrogen) atoms. The van der Waals surface area contributed by atoms with Crippen molar-refractivity contribution in [3.8, 4) is 0 Å². The molecule has 4 atom stereocenters. The zero-order valence-corrected chi connectivity index (χ0v) is 15.5. The summed E-state index contributed by atoms with van der Waals surface area (Å²) in [5, 5.41) is -0.214. The molecule has 2 aliphatic heterocycles. The van der Waals surface area contributed by atoms with Crippen molar-refractivity contribution in [1.29, 1.82) is 0 Å². The van der Waals surface area contributed by atoms with Crippen LogP contribution in [0.2, 0.25) is 0 Å². The Morgan fingerprint density at radius 2 is 1.88 bits per heavy atom. The molecule has 1 aromatic carbocycles. The minimum Gasteiger partial charge on any atom is -0.298 e. The van der Waals surface area contributed by atoms with Crippen molar-refractivity contribution in [2.24, 2.45) is 11.3 Å². The van der Waals surface area contributed by atoms with Crippen LogP contribution in [-0.4, -0.2) is 37.7 Å². The number of benzene rings is 1. The quantitative estimate of drug-likeness (QED) is 0.832. The fourth-order valence-electron chi connectivity index (χ4n) is 5.95. The average Bonchev–Trinajstić information content (AvgIpc) is 2.89. The molecule has 1 aliphatic carbocycles. The van der Waals surface area contributed by atoms with Gasteiger partial charge >= 0.3 is 0 Å². The highest BCUT2D eigenvalue weighted by molar-refractivity contribution is 7.92. The summed E-state index contributed by atoms with van der Waals surface area (Å²) in [5.74, 6) is 0.321. The van der Waals surface area contributed by atoms with Gasteiger partial charge in [0.25, 0.3) is 0 Å². The van der Waals surface area contributed by atoms with Crippen LogP contribution in [0, 0.1) is 11.3 Å². The van der Waals surface area contributed by atoms with E-state index in [0.717, 1.165) is 19.5 Å². The molecule has 0 spiro atoms. The van der Waals surface area contributed by atoms with E-state index in [4.69, 9.17) is 0 Å². The number of nitrogens with zero attached hydrogens (tertiary/aromatic N) is 1. The molecule has 0 bridgehead atoms. The molecule has 0 amide bonds. The van der Waals surface area contributed by atoms with E-state index < -0.39 is 9.84 Å². The van der Waals surface area contributed by atoms with Crippen LogP contribution in [0.25, 0.3) is 0 Å². The third-order valence-electron chi connectivity index (χ3n) is 7.07. The van der Waals surface area contributed by atoms with Crippen LogP contribution in [0.1, 0.15) is 51.9 Å². The van der Waals surface area contributed by atoms with Gasteiger partial charge < -0.3 is 0 Å². The van der Waals surface area contributed by atoms with Crippen molar-refractivity contribution in [1.82, 2.24) is 4.90 Å². The predicted molar refractivity (Wildman–Crippen MR) is 96.7 cm³/mol. The van der Waals surface area contributed by atoms with Crippen molar-refractivity contribution >= 4 is 9.84 Å². The van der Waals surface area contributed by atoms with E-state index in [1.54, 1.807) is 12.1 Å². The molecule has 2 saturated heterocycles. The Bertz CT molecular complexity index is 687. The Morgan fingerprint density at radius 3 is 2.62 bits per heavy atom. The second-order valence-corrected chi connectivity index (χ2v) is 10.2. The summed E-state index contributed by atoms with van der Waals surface area (Å²) in [6.07, 6.45) is 8.59. The minimum absolute atomic E-state index is 0.214. The molecule has 2 heterocycles. The lowest BCUT2D eigenvalue weighted by Gasteiger charge is -2.48. The first kappa shape index (κ1) is 16.6. The lowest BCUT2D eigenvalue weighted by atomic mass is 9.63. The second kappa shape index (κ2) is 6.14. The van der Waals surface area contributed by atoms with Crippen LogP contribution in [0.5, 0.6) is 0 Å². The zero-order valence-electron chi connectivity index (χ0n) is 14.7. The maximum absolute atomic E-state index is 13.3. The van der Waals surface area contributed by atoms with E-state index in [1.807, 2.05) is 18.2 Å². The third kappa shape index (κ3) is 2.45. The van der Waals surface area contributed by atoms with Gasteiger partial charge in [-0.15, -0.1) is 0 Å². The fourth-order valence-corrected chi connectivity index (χ4v) is 7.97. The van der Waals surface area contributed by atoms with Gasteiger partial charge in [0.1, 0.15) is 0 Å². The van der Waals surface area contributed by atoms with Crippen molar-refractivity contribution in [2.45, 2.75) is 68.1 Å². The first-order valence-corrected chi connectivity index (χ1v) is 11.2. The largest absolute Gasteiger partial charge is 0.298 e. The summed E-state index contributed by atoms with van der Waals surface area (Å²) in [7, 11) is -3.24. The highest BCUT2D eigenvalue weighted by atomic mass is 32.2. The molecule has 3 fully saturated rings. The summed E-state index contributed by atoms with van der Waals surface area (Å²) >= 11 is 0. The van der Waals surface area contributed by atoms with E-state index in [9.17, 15) is 8.42 Å². The first-order chi connectivity index (χ1) is 11.6. The van der Waals surface area contributed by atoms with Gasteiger partial charge in [0.15, 0.2) is 9.84 Å². The normalized spacial score (nSPS) is 37.0. The van der Waals surface area contributed by atoms with Crippen molar-refractivity contribution in [2.75, 3.05) is 13.1 Å². The number of rotatable bonds is 3. The predicted octanol–water partition coefficient (Wildman–Crippen LogP) is 3.89. The lowest BCUT2D eigenvalue weighted by Crippen LogP contribution is -2.49. The molecular weight excluding hydrogens is 318 g/mol. The minimum atomic E-state index is -3.24. The van der Waals surface area contributed by atoms with E-state index in [0.29, 0.717) is 22.3 Å². The highest BCUT2D eigenvalue weighted by Crippen LogP contribution is 2.54. The second-order valence-electron chi connectivity index (χ2n) is 8.07. The maximum atomic E-state index is 13.3. The van der Waals surface area contributed by atoms with E-state index in [2.05, 4.69) is 11.8 Å². The van der Waals surface area contributed by atoms with Crippen LogP contribution >= 0.6 is 0 Å². The maximum Gasteiger partial charge on any atom is 0.182 e. The highest BCUT2D eigenvalue weighted by Gasteiger charge is 2.57. The van der Waals surface area contributed by atoms with Gasteiger partial charge in [-0.1, -0.05) is 38.0 Å². The van der Waals surface area contributed by atoms with Gasteiger partial charge in [-0.25, -0.2) is 8.42 Å². The Morgan fingerprint density at radius 1 is 1.12 bits per heavy atom. The Hall–Kier alpha value is -0.870. The third-order valence-corrected chi connectivity index (χ3v) is 9.30. The number of hydrogen-bond acceptors (Lipinski definition) is 3. The monoisotopic (exact) mass is 347 g/mol. The number of sulfone groups is 1. The number of hydrogen-bond donors (Lipinski definition) is 0. The van der Waals surface area contributed by atoms with Crippen LogP contribution in [-0.2, 0) is 9.84 Å². The van der Waals surface area contributed by atoms with Crippen molar-refractivity contribution in [3.63, 3.8) is 0 Å². The van der Waals surface area contributed by atoms with Crippen molar-refractivity contribution < 1.29 is 8.42 Å². The van der Waals surface area contributed by atoms with E-state index in [-0.39, 0.29) is 5.25 Å². The summed E-state index contributed by atoms with van der Waals surface area (Å²) < 4.78 is 26.7. The topological polar surface area (TPSA) is 37.4 Å². The standard InChI is InChI=1S/C20H29NO2S/c1-2-20-12-6-7-14-21-15-18(17(19(20)21)11-8-13-20)24(22,23)16-9-4-3-5-10-16/h3-5,9-10,17-19H,2,6-8,11-15H2,1H3/t17-,18+,19+,20-/m1/s1. The van der Waals surface area contributed by atoms with Crippen LogP contribution < -0.4 is 0 Å². The molecule has 3 nitrogen and oxygen atoms in total. The summed E-state index contributed by atoms with van der Waals surface area (Å²) in [6.45, 7) is 4.16. The Balaban J connectivity index is 1.73. The van der Waals surface area contributed by atoms with Gasteiger partial charge in [0.2, 0.25) is 0 Å². The Labute approximate surface area is 146 Å². The van der Waals surface area contributed by atoms with Crippen LogP contribution in [0.4, 0.5) is 0 Å². The zero-order chi connectivity index (χ0) is 16.8. The van der Waals surface area contributed by atoms with E-state index in [1.165, 1.54) is 38.5 Å². The summed E-state index contributed by atoms with van der Waals surface area (Å²) in [4.78, 5) is 3.08. The fraction of sp³-hybridized carbons (Fsp3) is 0.700. The van der Waals surface area contributed by atoms with E-state index >= 15 is 0 Å². The smallest absolute Gasteiger partial charge is 0.182 e. The molecule has 4 rings (SSSR count). The van der Waals surface area contributed by atoms with Crippen LogP contribution in [0.15, 0.2) is 35.2 Å². The molecule has 132 valence electrons. The molecule has 0 unspecified atom stereocenters. The molecule has 0 radical (unpaired) electrons. The van der Waals surface area contributed by atoms with Gasteiger partial charge in [-0.05, 0) is 62.1 Å². The Kier molecular flexibility index (Phi) is 4.24. The van der Waals surface area contributed by atoms with Gasteiger partial charge in [-0.3, -0.25) is 4.90 Å². The van der Waals surface area contributed by atoms with Crippen LogP contribution in [0.3, 0.4) is 0 Å². The molecule has 1 aromatic rings. The molecule has 0 aromatic heterocycles. The molecule has 3 aliphatic rings. The van der Waals surface area contributed by atoms with Gasteiger partial charge in [0.05, 0.1) is 10.1 Å². The van der Waals surface area contributed by atoms with Gasteiger partial charge in [-0.2, -0.15) is 0 Å². The molecule has 4 heteroatoms. The molecule has 1 saturated carbocycles. The first-order valence-electron chi connectivity index (χ1n) is 9.61. The SMILES string of the molecule is CC[C@@]12CCCCN3C[C@H](S(=O)(=O)c4ccccc4)[C@@H](CCC1)[C@H]32. The summed E-state index contributed by atoms with van der Waals surface area (Å²) in [5.41, 5.74) is 0.361. The van der Waals surface area contributed by atoms with Crippen molar-refractivity contribution in [3.05, 3.63) is 30.3 Å². The molecular formula is C20H29NO2S. The lowest BCUT2D eigenvalue weighted by molar-refractivity contribution is 0.0327. The van der Waals surface area contributed by atoms with Gasteiger partial charge in [0, 0.05) is 12.6 Å².